The molecule has 1 amide bonds. The molecule has 0 spiro atoms. The van der Waals surface area contributed by atoms with Crippen molar-refractivity contribution in [3.05, 3.63) is 65.9 Å². The number of para-hydroxylation sites is 1. The van der Waals surface area contributed by atoms with Gasteiger partial charge in [0.2, 0.25) is 0 Å². The first-order chi connectivity index (χ1) is 11.0. The Morgan fingerprint density at radius 2 is 1.91 bits per heavy atom. The minimum atomic E-state index is -0.900. The number of phenolic OH excluding ortho intramolecular Hbond substituents is 1. The molecule has 116 valence electrons. The standard InChI is InChI=1S/C16H10F2N2O3/c17-9-5-6-12(11(18)7-9)19-16(22)13-8-15(23-20-13)10-3-1-2-4-14(10)21/h1-8,21H,(H,19,22). The highest BCUT2D eigenvalue weighted by atomic mass is 19.1. The van der Waals surface area contributed by atoms with Gasteiger partial charge in [0.15, 0.2) is 11.5 Å². The maximum absolute atomic E-state index is 13.5. The summed E-state index contributed by atoms with van der Waals surface area (Å²) >= 11 is 0. The van der Waals surface area contributed by atoms with Crippen molar-refractivity contribution >= 4 is 11.6 Å². The number of hydrogen-bond acceptors (Lipinski definition) is 4. The third kappa shape index (κ3) is 3.03. The Labute approximate surface area is 129 Å². The van der Waals surface area contributed by atoms with Crippen LogP contribution >= 0.6 is 0 Å². The molecule has 0 aliphatic rings. The summed E-state index contributed by atoms with van der Waals surface area (Å²) in [5.74, 6) is -2.21. The van der Waals surface area contributed by atoms with Crippen molar-refractivity contribution in [1.29, 1.82) is 0 Å². The molecule has 7 heteroatoms. The van der Waals surface area contributed by atoms with Crippen LogP contribution in [-0.2, 0) is 0 Å². The van der Waals surface area contributed by atoms with E-state index < -0.39 is 17.5 Å². The van der Waals surface area contributed by atoms with Gasteiger partial charge in [-0.15, -0.1) is 0 Å². The fourth-order valence-electron chi connectivity index (χ4n) is 1.97. The zero-order valence-corrected chi connectivity index (χ0v) is 11.6. The molecule has 0 aliphatic heterocycles. The fraction of sp³-hybridized carbons (Fsp3) is 0. The van der Waals surface area contributed by atoms with Crippen molar-refractivity contribution in [2.45, 2.75) is 0 Å². The van der Waals surface area contributed by atoms with Crippen molar-refractivity contribution in [2.75, 3.05) is 5.32 Å². The van der Waals surface area contributed by atoms with Gasteiger partial charge in [0.05, 0.1) is 11.3 Å². The Morgan fingerprint density at radius 3 is 2.65 bits per heavy atom. The summed E-state index contributed by atoms with van der Waals surface area (Å²) in [6.07, 6.45) is 0. The number of nitrogens with one attached hydrogen (secondary N) is 1. The fourth-order valence-corrected chi connectivity index (χ4v) is 1.97. The number of halogens is 2. The lowest BCUT2D eigenvalue weighted by atomic mass is 10.1. The second-order valence-electron chi connectivity index (χ2n) is 4.67. The average molecular weight is 316 g/mol. The Hall–Kier alpha value is -3.22. The molecule has 2 aromatic carbocycles. The molecule has 3 rings (SSSR count). The molecular weight excluding hydrogens is 306 g/mol. The minimum Gasteiger partial charge on any atom is -0.507 e. The number of aromatic hydroxyl groups is 1. The van der Waals surface area contributed by atoms with Crippen molar-refractivity contribution < 1.29 is 23.2 Å². The van der Waals surface area contributed by atoms with E-state index in [4.69, 9.17) is 4.52 Å². The molecule has 0 radical (unpaired) electrons. The molecular formula is C16H10F2N2O3. The van der Waals surface area contributed by atoms with Crippen LogP contribution in [0.25, 0.3) is 11.3 Å². The van der Waals surface area contributed by atoms with Gasteiger partial charge in [-0.3, -0.25) is 4.79 Å². The first-order valence-electron chi connectivity index (χ1n) is 6.56. The zero-order chi connectivity index (χ0) is 16.4. The lowest BCUT2D eigenvalue weighted by molar-refractivity contribution is 0.101. The third-order valence-electron chi connectivity index (χ3n) is 3.09. The van der Waals surface area contributed by atoms with Gasteiger partial charge in [-0.1, -0.05) is 17.3 Å². The lowest BCUT2D eigenvalue weighted by Crippen LogP contribution is -2.13. The van der Waals surface area contributed by atoms with Crippen LogP contribution in [0.5, 0.6) is 5.75 Å². The second-order valence-corrected chi connectivity index (χ2v) is 4.67. The third-order valence-corrected chi connectivity index (χ3v) is 3.09. The number of anilines is 1. The highest BCUT2D eigenvalue weighted by molar-refractivity contribution is 6.03. The number of benzene rings is 2. The Bertz CT molecular complexity index is 877. The largest absolute Gasteiger partial charge is 0.507 e. The van der Waals surface area contributed by atoms with Gasteiger partial charge in [-0.05, 0) is 24.3 Å². The number of carbonyl (C=O) groups excluding carboxylic acids is 1. The van der Waals surface area contributed by atoms with E-state index >= 15 is 0 Å². The smallest absolute Gasteiger partial charge is 0.277 e. The quantitative estimate of drug-likeness (QED) is 0.774. The van der Waals surface area contributed by atoms with Crippen LogP contribution in [0, 0.1) is 11.6 Å². The van der Waals surface area contributed by atoms with Gasteiger partial charge in [0, 0.05) is 12.1 Å². The van der Waals surface area contributed by atoms with Crippen molar-refractivity contribution in [2.24, 2.45) is 0 Å². The van der Waals surface area contributed by atoms with E-state index in [9.17, 15) is 18.7 Å². The van der Waals surface area contributed by atoms with Crippen LogP contribution in [0.15, 0.2) is 53.1 Å². The first kappa shape index (κ1) is 14.7. The molecule has 1 aromatic heterocycles. The average Bonchev–Trinajstić information content (AvgIpc) is 3.00. The number of nitrogens with zero attached hydrogens (tertiary/aromatic N) is 1. The molecule has 0 unspecified atom stereocenters. The van der Waals surface area contributed by atoms with Gasteiger partial charge < -0.3 is 14.9 Å². The Morgan fingerprint density at radius 1 is 1.13 bits per heavy atom. The second kappa shape index (κ2) is 5.88. The van der Waals surface area contributed by atoms with E-state index in [1.807, 2.05) is 0 Å². The van der Waals surface area contributed by atoms with Crippen LogP contribution in [-0.4, -0.2) is 16.2 Å². The Balaban J connectivity index is 1.83. The first-order valence-corrected chi connectivity index (χ1v) is 6.56. The summed E-state index contributed by atoms with van der Waals surface area (Å²) in [5, 5.41) is 15.6. The number of phenols is 1. The van der Waals surface area contributed by atoms with Crippen LogP contribution < -0.4 is 5.32 Å². The van der Waals surface area contributed by atoms with E-state index in [0.717, 1.165) is 12.1 Å². The van der Waals surface area contributed by atoms with E-state index in [0.29, 0.717) is 11.6 Å². The van der Waals surface area contributed by atoms with Crippen molar-refractivity contribution in [3.8, 4) is 17.1 Å². The van der Waals surface area contributed by atoms with Gasteiger partial charge in [-0.2, -0.15) is 0 Å². The number of carbonyl (C=O) groups is 1. The SMILES string of the molecule is O=C(Nc1ccc(F)cc1F)c1cc(-c2ccccc2O)on1. The van der Waals surface area contributed by atoms with E-state index in [1.54, 1.807) is 18.2 Å². The molecule has 1 heterocycles. The molecule has 2 N–H and O–H groups in total. The summed E-state index contributed by atoms with van der Waals surface area (Å²) in [5.41, 5.74) is 0.0856. The molecule has 0 aliphatic carbocycles. The highest BCUT2D eigenvalue weighted by Crippen LogP contribution is 2.29. The predicted molar refractivity (Wildman–Crippen MR) is 77.9 cm³/mol. The number of aromatic nitrogens is 1. The number of amides is 1. The van der Waals surface area contributed by atoms with Gasteiger partial charge in [-0.25, -0.2) is 8.78 Å². The van der Waals surface area contributed by atoms with Crippen molar-refractivity contribution in [3.63, 3.8) is 0 Å². The predicted octanol–water partition coefficient (Wildman–Crippen LogP) is 3.58. The maximum Gasteiger partial charge on any atom is 0.277 e. The lowest BCUT2D eigenvalue weighted by Gasteiger charge is -2.03. The summed E-state index contributed by atoms with van der Waals surface area (Å²) in [7, 11) is 0. The van der Waals surface area contributed by atoms with Crippen LogP contribution in [0.4, 0.5) is 14.5 Å². The topological polar surface area (TPSA) is 75.4 Å². The Kier molecular flexibility index (Phi) is 3.76. The molecule has 0 saturated carbocycles. The zero-order valence-electron chi connectivity index (χ0n) is 11.6. The summed E-state index contributed by atoms with van der Waals surface area (Å²) in [6.45, 7) is 0. The molecule has 3 aromatic rings. The van der Waals surface area contributed by atoms with E-state index in [1.165, 1.54) is 12.1 Å². The molecule has 0 fully saturated rings. The van der Waals surface area contributed by atoms with Crippen LogP contribution in [0.3, 0.4) is 0 Å². The number of hydrogen-bond donors (Lipinski definition) is 2. The minimum absolute atomic E-state index is 0.0276. The normalized spacial score (nSPS) is 10.5. The number of rotatable bonds is 3. The van der Waals surface area contributed by atoms with Crippen LogP contribution in [0.1, 0.15) is 10.5 Å². The highest BCUT2D eigenvalue weighted by Gasteiger charge is 2.17. The van der Waals surface area contributed by atoms with E-state index in [-0.39, 0.29) is 22.9 Å². The molecule has 0 saturated heterocycles. The van der Waals surface area contributed by atoms with E-state index in [2.05, 4.69) is 10.5 Å². The summed E-state index contributed by atoms with van der Waals surface area (Å²) < 4.78 is 31.4. The van der Waals surface area contributed by atoms with Gasteiger partial charge in [0.1, 0.15) is 17.4 Å². The molecule has 0 bridgehead atoms. The molecule has 5 nitrogen and oxygen atoms in total. The van der Waals surface area contributed by atoms with Crippen molar-refractivity contribution in [1.82, 2.24) is 5.16 Å². The summed E-state index contributed by atoms with van der Waals surface area (Å²) in [4.78, 5) is 12.0. The maximum atomic E-state index is 13.5. The molecule has 23 heavy (non-hydrogen) atoms. The van der Waals surface area contributed by atoms with Gasteiger partial charge in [0.25, 0.3) is 5.91 Å². The monoisotopic (exact) mass is 316 g/mol. The molecule has 0 atom stereocenters. The summed E-state index contributed by atoms with van der Waals surface area (Å²) in [6, 6.07) is 10.5. The van der Waals surface area contributed by atoms with Gasteiger partial charge >= 0.3 is 0 Å². The van der Waals surface area contributed by atoms with Crippen LogP contribution in [0.2, 0.25) is 0 Å².